The average Bonchev–Trinajstić information content (AvgIpc) is 2.38. The lowest BCUT2D eigenvalue weighted by Gasteiger charge is -2.35. The van der Waals surface area contributed by atoms with Crippen LogP contribution in [0, 0.1) is 0 Å². The summed E-state index contributed by atoms with van der Waals surface area (Å²) in [6.45, 7) is 4.66. The van der Waals surface area contributed by atoms with E-state index in [4.69, 9.17) is 5.73 Å². The largest absolute Gasteiger partial charge is 0.330 e. The van der Waals surface area contributed by atoms with Gasteiger partial charge >= 0.3 is 0 Å². The Labute approximate surface area is 113 Å². The standard InChI is InChI=1S/C14H20N2OS/c1-3-11-4-5-12-13(8-11)18-9-10(2)16(12)14(17)6-7-15/h4-5,8,10H,3,6-7,9,15H2,1-2H3. The molecular formula is C14H20N2OS. The van der Waals surface area contributed by atoms with Crippen molar-refractivity contribution in [2.45, 2.75) is 37.6 Å². The normalized spacial score (nSPS) is 18.6. The molecule has 1 aliphatic rings. The van der Waals surface area contributed by atoms with Gasteiger partial charge in [-0.15, -0.1) is 11.8 Å². The Balaban J connectivity index is 2.35. The number of thioether (sulfide) groups is 1. The Morgan fingerprint density at radius 2 is 2.33 bits per heavy atom. The summed E-state index contributed by atoms with van der Waals surface area (Å²) in [5.74, 6) is 1.09. The van der Waals surface area contributed by atoms with E-state index in [1.807, 2.05) is 16.7 Å². The number of benzene rings is 1. The lowest BCUT2D eigenvalue weighted by molar-refractivity contribution is -0.118. The molecule has 2 N–H and O–H groups in total. The third-order valence-electron chi connectivity index (χ3n) is 3.24. The monoisotopic (exact) mass is 264 g/mol. The van der Waals surface area contributed by atoms with Gasteiger partial charge in [-0.05, 0) is 31.0 Å². The second-order valence-corrected chi connectivity index (χ2v) is 5.68. The van der Waals surface area contributed by atoms with E-state index in [1.54, 1.807) is 0 Å². The Kier molecular flexibility index (Phi) is 4.30. The number of hydrogen-bond donors (Lipinski definition) is 1. The fourth-order valence-corrected chi connectivity index (χ4v) is 3.36. The molecule has 0 fully saturated rings. The number of carbonyl (C=O) groups excluding carboxylic acids is 1. The third-order valence-corrected chi connectivity index (χ3v) is 4.53. The van der Waals surface area contributed by atoms with Crippen LogP contribution in [-0.2, 0) is 11.2 Å². The number of nitrogens with two attached hydrogens (primary N) is 1. The molecule has 1 aromatic rings. The molecule has 0 aliphatic carbocycles. The zero-order chi connectivity index (χ0) is 13.1. The van der Waals surface area contributed by atoms with Crippen LogP contribution in [0.5, 0.6) is 0 Å². The summed E-state index contributed by atoms with van der Waals surface area (Å²) in [4.78, 5) is 15.3. The fraction of sp³-hybridized carbons (Fsp3) is 0.500. The highest BCUT2D eigenvalue weighted by molar-refractivity contribution is 7.99. The van der Waals surface area contributed by atoms with Crippen molar-refractivity contribution in [3.63, 3.8) is 0 Å². The summed E-state index contributed by atoms with van der Waals surface area (Å²) in [6, 6.07) is 6.63. The molecule has 0 bridgehead atoms. The van der Waals surface area contributed by atoms with Crippen molar-refractivity contribution in [3.05, 3.63) is 23.8 Å². The van der Waals surface area contributed by atoms with Gasteiger partial charge in [-0.1, -0.05) is 13.0 Å². The first-order chi connectivity index (χ1) is 8.67. The fourth-order valence-electron chi connectivity index (χ4n) is 2.24. The first kappa shape index (κ1) is 13.4. The van der Waals surface area contributed by atoms with E-state index >= 15 is 0 Å². The van der Waals surface area contributed by atoms with Crippen LogP contribution in [0.3, 0.4) is 0 Å². The number of hydrogen-bond acceptors (Lipinski definition) is 3. The van der Waals surface area contributed by atoms with Gasteiger partial charge in [-0.2, -0.15) is 0 Å². The molecule has 1 aliphatic heterocycles. The van der Waals surface area contributed by atoms with Gasteiger partial charge in [0.1, 0.15) is 0 Å². The van der Waals surface area contributed by atoms with Crippen LogP contribution in [0.2, 0.25) is 0 Å². The molecule has 98 valence electrons. The van der Waals surface area contributed by atoms with E-state index in [-0.39, 0.29) is 11.9 Å². The van der Waals surface area contributed by atoms with Gasteiger partial charge in [0.05, 0.1) is 5.69 Å². The third kappa shape index (κ3) is 2.54. The molecule has 1 unspecified atom stereocenters. The van der Waals surface area contributed by atoms with E-state index in [2.05, 4.69) is 32.0 Å². The van der Waals surface area contributed by atoms with Crippen molar-refractivity contribution >= 4 is 23.4 Å². The first-order valence-electron chi connectivity index (χ1n) is 6.45. The molecule has 0 spiro atoms. The molecule has 1 amide bonds. The van der Waals surface area contributed by atoms with Gasteiger partial charge in [0.25, 0.3) is 0 Å². The minimum atomic E-state index is 0.135. The van der Waals surface area contributed by atoms with Crippen molar-refractivity contribution in [1.29, 1.82) is 0 Å². The SMILES string of the molecule is CCc1ccc2c(c1)SCC(C)N2C(=O)CCN. The summed E-state index contributed by atoms with van der Waals surface area (Å²) >= 11 is 1.84. The van der Waals surface area contributed by atoms with Crippen LogP contribution in [0.15, 0.2) is 23.1 Å². The molecule has 0 aromatic heterocycles. The van der Waals surface area contributed by atoms with Crippen LogP contribution in [0.4, 0.5) is 5.69 Å². The molecule has 0 saturated carbocycles. The topological polar surface area (TPSA) is 46.3 Å². The predicted octanol–water partition coefficient (Wildman–Crippen LogP) is 2.42. The van der Waals surface area contributed by atoms with Gasteiger partial charge in [0, 0.05) is 29.7 Å². The number of rotatable bonds is 3. The highest BCUT2D eigenvalue weighted by Crippen LogP contribution is 2.38. The molecule has 0 radical (unpaired) electrons. The van der Waals surface area contributed by atoms with Crippen LogP contribution in [0.1, 0.15) is 25.8 Å². The number of amides is 1. The highest BCUT2D eigenvalue weighted by Gasteiger charge is 2.28. The maximum Gasteiger partial charge on any atom is 0.228 e. The zero-order valence-corrected chi connectivity index (χ0v) is 11.8. The molecule has 3 nitrogen and oxygen atoms in total. The second-order valence-electron chi connectivity index (χ2n) is 4.62. The Bertz CT molecular complexity index is 447. The Morgan fingerprint density at radius 3 is 3.00 bits per heavy atom. The minimum Gasteiger partial charge on any atom is -0.330 e. The van der Waals surface area contributed by atoms with Crippen LogP contribution in [-0.4, -0.2) is 24.2 Å². The highest BCUT2D eigenvalue weighted by atomic mass is 32.2. The molecule has 1 heterocycles. The number of carbonyl (C=O) groups is 1. The van der Waals surface area contributed by atoms with Crippen LogP contribution >= 0.6 is 11.8 Å². The summed E-state index contributed by atoms with van der Waals surface area (Å²) < 4.78 is 0. The molecule has 1 aromatic carbocycles. The van der Waals surface area contributed by atoms with Gasteiger partial charge in [-0.3, -0.25) is 4.79 Å². The molecule has 18 heavy (non-hydrogen) atoms. The van der Waals surface area contributed by atoms with Crippen LogP contribution in [0.25, 0.3) is 0 Å². The zero-order valence-electron chi connectivity index (χ0n) is 11.0. The van der Waals surface area contributed by atoms with Crippen molar-refractivity contribution in [1.82, 2.24) is 0 Å². The lowest BCUT2D eigenvalue weighted by Crippen LogP contribution is -2.43. The van der Waals surface area contributed by atoms with Gasteiger partial charge in [0.2, 0.25) is 5.91 Å². The molecule has 2 rings (SSSR count). The van der Waals surface area contributed by atoms with Gasteiger partial charge in [-0.25, -0.2) is 0 Å². The average molecular weight is 264 g/mol. The minimum absolute atomic E-state index is 0.135. The van der Waals surface area contributed by atoms with Crippen molar-refractivity contribution in [2.24, 2.45) is 5.73 Å². The second kappa shape index (κ2) is 5.76. The van der Waals surface area contributed by atoms with Crippen molar-refractivity contribution in [2.75, 3.05) is 17.2 Å². The van der Waals surface area contributed by atoms with E-state index in [0.29, 0.717) is 13.0 Å². The number of aryl methyl sites for hydroxylation is 1. The summed E-state index contributed by atoms with van der Waals surface area (Å²) in [7, 11) is 0. The first-order valence-corrected chi connectivity index (χ1v) is 7.43. The van der Waals surface area contributed by atoms with E-state index in [9.17, 15) is 4.79 Å². The molecular weight excluding hydrogens is 244 g/mol. The number of anilines is 1. The molecule has 0 saturated heterocycles. The van der Waals surface area contributed by atoms with Crippen LogP contribution < -0.4 is 10.6 Å². The van der Waals surface area contributed by atoms with Gasteiger partial charge < -0.3 is 10.6 Å². The quantitative estimate of drug-likeness (QED) is 0.912. The lowest BCUT2D eigenvalue weighted by atomic mass is 10.1. The number of nitrogens with zero attached hydrogens (tertiary/aromatic N) is 1. The maximum atomic E-state index is 12.2. The van der Waals surface area contributed by atoms with E-state index in [0.717, 1.165) is 17.9 Å². The predicted molar refractivity (Wildman–Crippen MR) is 77.2 cm³/mol. The number of fused-ring (bicyclic) bond motifs is 1. The summed E-state index contributed by atoms with van der Waals surface area (Å²) in [6.07, 6.45) is 1.45. The smallest absolute Gasteiger partial charge is 0.228 e. The Morgan fingerprint density at radius 1 is 1.56 bits per heavy atom. The molecule has 1 atom stereocenters. The molecule has 4 heteroatoms. The van der Waals surface area contributed by atoms with Crippen molar-refractivity contribution in [3.8, 4) is 0 Å². The van der Waals surface area contributed by atoms with E-state index < -0.39 is 0 Å². The summed E-state index contributed by atoms with van der Waals surface area (Å²) in [5.41, 5.74) is 7.87. The maximum absolute atomic E-state index is 12.2. The van der Waals surface area contributed by atoms with E-state index in [1.165, 1.54) is 10.5 Å². The van der Waals surface area contributed by atoms with Crippen molar-refractivity contribution < 1.29 is 4.79 Å². The van der Waals surface area contributed by atoms with Gasteiger partial charge in [0.15, 0.2) is 0 Å². The Hall–Kier alpha value is -1.00. The summed E-state index contributed by atoms with van der Waals surface area (Å²) in [5, 5.41) is 0.